The SMILES string of the molecule is O=C(O)C(=O)C=C(O)c1cn(Cc2ccc3ccccc3c2)c2ccccc2c1=O. The summed E-state index contributed by atoms with van der Waals surface area (Å²) in [7, 11) is 0. The van der Waals surface area contributed by atoms with Crippen LogP contribution in [-0.4, -0.2) is 26.5 Å². The second-order valence-corrected chi connectivity index (χ2v) is 6.90. The molecule has 0 saturated carbocycles. The van der Waals surface area contributed by atoms with Gasteiger partial charge in [0.2, 0.25) is 0 Å². The standard InChI is InChI=1S/C24H17NO5/c26-21(12-22(27)24(29)30)19-14-25(20-8-4-3-7-18(20)23(19)28)13-15-9-10-16-5-1-2-6-17(16)11-15/h1-12,14,26H,13H2,(H,29,30). The van der Waals surface area contributed by atoms with E-state index in [1.54, 1.807) is 22.8 Å². The number of carbonyl (C=O) groups excluding carboxylic acids is 1. The molecule has 0 radical (unpaired) electrons. The van der Waals surface area contributed by atoms with Crippen molar-refractivity contribution in [3.8, 4) is 0 Å². The fraction of sp³-hybridized carbons (Fsp3) is 0.0417. The summed E-state index contributed by atoms with van der Waals surface area (Å²) in [5.74, 6) is -3.69. The Morgan fingerprint density at radius 1 is 0.900 bits per heavy atom. The minimum absolute atomic E-state index is 0.135. The van der Waals surface area contributed by atoms with Gasteiger partial charge < -0.3 is 14.8 Å². The molecule has 2 N–H and O–H groups in total. The molecule has 6 nitrogen and oxygen atoms in total. The van der Waals surface area contributed by atoms with E-state index in [-0.39, 0.29) is 5.56 Å². The second-order valence-electron chi connectivity index (χ2n) is 6.90. The molecule has 0 aliphatic heterocycles. The summed E-state index contributed by atoms with van der Waals surface area (Å²) in [4.78, 5) is 35.1. The molecule has 0 unspecified atom stereocenters. The van der Waals surface area contributed by atoms with E-state index in [0.717, 1.165) is 16.3 Å². The average molecular weight is 399 g/mol. The highest BCUT2D eigenvalue weighted by Gasteiger charge is 2.16. The monoisotopic (exact) mass is 399 g/mol. The molecule has 4 aromatic rings. The number of ketones is 1. The molecule has 1 aromatic heterocycles. The number of nitrogens with zero attached hydrogens (tertiary/aromatic N) is 1. The highest BCUT2D eigenvalue weighted by atomic mass is 16.4. The maximum Gasteiger partial charge on any atom is 0.376 e. The lowest BCUT2D eigenvalue weighted by Gasteiger charge is -2.14. The number of para-hydroxylation sites is 1. The Balaban J connectivity index is 1.86. The van der Waals surface area contributed by atoms with Gasteiger partial charge in [0.25, 0.3) is 5.78 Å². The molecular formula is C24H17NO5. The number of aliphatic hydroxyl groups excluding tert-OH is 1. The van der Waals surface area contributed by atoms with Gasteiger partial charge in [0.15, 0.2) is 5.43 Å². The molecule has 0 aliphatic carbocycles. The molecule has 148 valence electrons. The number of aliphatic hydroxyl groups is 1. The Kier molecular flexibility index (Phi) is 4.90. The molecule has 1 heterocycles. The Hall–Kier alpha value is -4.19. The van der Waals surface area contributed by atoms with Crippen LogP contribution in [0.4, 0.5) is 0 Å². The van der Waals surface area contributed by atoms with Crippen molar-refractivity contribution in [2.75, 3.05) is 0 Å². The zero-order valence-corrected chi connectivity index (χ0v) is 15.8. The van der Waals surface area contributed by atoms with E-state index < -0.39 is 22.9 Å². The van der Waals surface area contributed by atoms with E-state index in [1.807, 2.05) is 48.5 Å². The Bertz CT molecular complexity index is 1400. The molecule has 0 aliphatic rings. The fourth-order valence-corrected chi connectivity index (χ4v) is 3.46. The van der Waals surface area contributed by atoms with Crippen molar-refractivity contribution in [1.29, 1.82) is 0 Å². The molecular weight excluding hydrogens is 382 g/mol. The van der Waals surface area contributed by atoms with Crippen molar-refractivity contribution in [3.05, 3.63) is 100 Å². The van der Waals surface area contributed by atoms with Crippen molar-refractivity contribution in [2.45, 2.75) is 6.54 Å². The number of aromatic nitrogens is 1. The highest BCUT2D eigenvalue weighted by Crippen LogP contribution is 2.20. The minimum atomic E-state index is -1.71. The maximum absolute atomic E-state index is 12.8. The number of aliphatic carboxylic acids is 1. The summed E-state index contributed by atoms with van der Waals surface area (Å²) >= 11 is 0. The number of hydrogen-bond donors (Lipinski definition) is 2. The van der Waals surface area contributed by atoms with Crippen molar-refractivity contribution >= 4 is 39.2 Å². The zero-order valence-electron chi connectivity index (χ0n) is 15.8. The van der Waals surface area contributed by atoms with E-state index in [0.29, 0.717) is 23.5 Å². The largest absolute Gasteiger partial charge is 0.507 e. The summed E-state index contributed by atoms with van der Waals surface area (Å²) in [6, 6.07) is 20.9. The lowest BCUT2D eigenvalue weighted by Crippen LogP contribution is -2.16. The van der Waals surface area contributed by atoms with Gasteiger partial charge >= 0.3 is 5.97 Å². The van der Waals surface area contributed by atoms with Crippen LogP contribution in [-0.2, 0) is 16.1 Å². The molecule has 0 atom stereocenters. The van der Waals surface area contributed by atoms with Crippen molar-refractivity contribution in [3.63, 3.8) is 0 Å². The number of carbonyl (C=O) groups is 2. The van der Waals surface area contributed by atoms with E-state index >= 15 is 0 Å². The molecule has 4 rings (SSSR count). The molecule has 30 heavy (non-hydrogen) atoms. The number of carboxylic acid groups (broad SMARTS) is 1. The van der Waals surface area contributed by atoms with Gasteiger partial charge in [0, 0.05) is 24.2 Å². The van der Waals surface area contributed by atoms with E-state index in [2.05, 4.69) is 0 Å². The summed E-state index contributed by atoms with van der Waals surface area (Å²) in [5.41, 5.74) is 1.03. The van der Waals surface area contributed by atoms with Gasteiger partial charge in [-0.2, -0.15) is 0 Å². The van der Waals surface area contributed by atoms with E-state index in [9.17, 15) is 19.5 Å². The van der Waals surface area contributed by atoms with Crippen LogP contribution in [0.3, 0.4) is 0 Å². The first-order chi connectivity index (χ1) is 14.4. The van der Waals surface area contributed by atoms with Crippen LogP contribution >= 0.6 is 0 Å². The lowest BCUT2D eigenvalue weighted by atomic mass is 10.1. The maximum atomic E-state index is 12.8. The van der Waals surface area contributed by atoms with Crippen molar-refractivity contribution < 1.29 is 19.8 Å². The van der Waals surface area contributed by atoms with Gasteiger partial charge in [-0.05, 0) is 34.5 Å². The number of benzene rings is 3. The third-order valence-corrected chi connectivity index (χ3v) is 4.91. The fourth-order valence-electron chi connectivity index (χ4n) is 3.46. The Labute approximate surface area is 170 Å². The number of fused-ring (bicyclic) bond motifs is 2. The van der Waals surface area contributed by atoms with Crippen LogP contribution in [0.5, 0.6) is 0 Å². The molecule has 0 bridgehead atoms. The minimum Gasteiger partial charge on any atom is -0.507 e. The molecule has 3 aromatic carbocycles. The molecule has 0 amide bonds. The van der Waals surface area contributed by atoms with Crippen LogP contribution in [0.2, 0.25) is 0 Å². The third kappa shape index (κ3) is 3.58. The van der Waals surface area contributed by atoms with Gasteiger partial charge in [0.05, 0.1) is 11.1 Å². The molecule has 6 heteroatoms. The van der Waals surface area contributed by atoms with Gasteiger partial charge in [0.1, 0.15) is 5.76 Å². The number of carboxylic acids is 1. The quantitative estimate of drug-likeness (QED) is 0.303. The summed E-state index contributed by atoms with van der Waals surface area (Å²) in [6.45, 7) is 0.415. The van der Waals surface area contributed by atoms with Gasteiger partial charge in [-0.15, -0.1) is 0 Å². The first kappa shape index (κ1) is 19.1. The lowest BCUT2D eigenvalue weighted by molar-refractivity contribution is -0.146. The third-order valence-electron chi connectivity index (χ3n) is 4.91. The highest BCUT2D eigenvalue weighted by molar-refractivity contribution is 6.38. The van der Waals surface area contributed by atoms with Crippen molar-refractivity contribution in [1.82, 2.24) is 4.57 Å². The predicted octanol–water partition coefficient (Wildman–Crippen LogP) is 3.76. The first-order valence-corrected chi connectivity index (χ1v) is 9.22. The molecule has 0 spiro atoms. The smallest absolute Gasteiger partial charge is 0.376 e. The van der Waals surface area contributed by atoms with Crippen LogP contribution in [0.1, 0.15) is 11.1 Å². The van der Waals surface area contributed by atoms with Gasteiger partial charge in [-0.3, -0.25) is 9.59 Å². The summed E-state index contributed by atoms with van der Waals surface area (Å²) in [5, 5.41) is 21.6. The number of rotatable bonds is 5. The predicted molar refractivity (Wildman–Crippen MR) is 115 cm³/mol. The Morgan fingerprint density at radius 3 is 2.37 bits per heavy atom. The van der Waals surface area contributed by atoms with Crippen molar-refractivity contribution in [2.24, 2.45) is 0 Å². The first-order valence-electron chi connectivity index (χ1n) is 9.22. The number of pyridine rings is 1. The van der Waals surface area contributed by atoms with Crippen LogP contribution in [0, 0.1) is 0 Å². The second kappa shape index (κ2) is 7.67. The van der Waals surface area contributed by atoms with Gasteiger partial charge in [-0.1, -0.05) is 48.5 Å². The van der Waals surface area contributed by atoms with Gasteiger partial charge in [-0.25, -0.2) is 4.79 Å². The topological polar surface area (TPSA) is 96.6 Å². The summed E-state index contributed by atoms with van der Waals surface area (Å²) in [6.07, 6.45) is 2.00. The van der Waals surface area contributed by atoms with Crippen LogP contribution in [0.25, 0.3) is 27.4 Å². The van der Waals surface area contributed by atoms with E-state index in [1.165, 1.54) is 6.20 Å². The summed E-state index contributed by atoms with van der Waals surface area (Å²) < 4.78 is 1.80. The van der Waals surface area contributed by atoms with E-state index in [4.69, 9.17) is 5.11 Å². The zero-order chi connectivity index (χ0) is 21.3. The molecule has 0 saturated heterocycles. The Morgan fingerprint density at radius 2 is 1.60 bits per heavy atom. The van der Waals surface area contributed by atoms with Crippen LogP contribution in [0.15, 0.2) is 83.8 Å². The number of hydrogen-bond acceptors (Lipinski definition) is 4. The van der Waals surface area contributed by atoms with Crippen LogP contribution < -0.4 is 5.43 Å². The average Bonchev–Trinajstić information content (AvgIpc) is 2.75. The normalized spacial score (nSPS) is 11.7. The molecule has 0 fully saturated rings.